The van der Waals surface area contributed by atoms with Gasteiger partial charge in [-0.15, -0.1) is 0 Å². The van der Waals surface area contributed by atoms with E-state index in [1.165, 1.54) is 5.56 Å². The first kappa shape index (κ1) is 21.9. The Kier molecular flexibility index (Phi) is 7.86. The van der Waals surface area contributed by atoms with Crippen molar-refractivity contribution in [2.75, 3.05) is 11.5 Å². The molecule has 0 aliphatic rings. The van der Waals surface area contributed by atoms with Gasteiger partial charge in [-0.3, -0.25) is 4.79 Å². The van der Waals surface area contributed by atoms with E-state index >= 15 is 0 Å². The molecule has 0 atom stereocenters. The first-order chi connectivity index (χ1) is 11.4. The van der Waals surface area contributed by atoms with Crippen molar-refractivity contribution < 1.29 is 15.0 Å². The van der Waals surface area contributed by atoms with Gasteiger partial charge in [0.1, 0.15) is 5.75 Å². The molecular weight excluding hydrogens is 332 g/mol. The van der Waals surface area contributed by atoms with Crippen LogP contribution in [0.25, 0.3) is 0 Å². The largest absolute Gasteiger partial charge is 0.507 e. The maximum Gasteiger partial charge on any atom is 0.303 e. The number of phenols is 1. The normalized spacial score (nSPS) is 12.4. The van der Waals surface area contributed by atoms with Crippen LogP contribution in [0.4, 0.5) is 0 Å². The molecule has 0 saturated heterocycles. The monoisotopic (exact) mass is 366 g/mol. The smallest absolute Gasteiger partial charge is 0.303 e. The van der Waals surface area contributed by atoms with Crippen LogP contribution in [-0.4, -0.2) is 27.7 Å². The van der Waals surface area contributed by atoms with Gasteiger partial charge in [0.25, 0.3) is 0 Å². The third-order valence-corrected chi connectivity index (χ3v) is 5.43. The summed E-state index contributed by atoms with van der Waals surface area (Å²) in [6, 6.07) is 4.30. The SMILES string of the molecule is CC(C)(C)c1cc(CCCSCCCC(=O)O)c(O)c(C(C)(C)C)c1. The van der Waals surface area contributed by atoms with Crippen molar-refractivity contribution in [2.45, 2.75) is 78.1 Å². The Morgan fingerprint density at radius 1 is 1.00 bits per heavy atom. The van der Waals surface area contributed by atoms with E-state index in [1.54, 1.807) is 11.8 Å². The Bertz CT molecular complexity index is 580. The van der Waals surface area contributed by atoms with E-state index in [4.69, 9.17) is 5.11 Å². The lowest BCUT2D eigenvalue weighted by Gasteiger charge is -2.27. The number of thioether (sulfide) groups is 1. The topological polar surface area (TPSA) is 57.5 Å². The number of carboxylic acid groups (broad SMARTS) is 1. The highest BCUT2D eigenvalue weighted by Crippen LogP contribution is 2.38. The van der Waals surface area contributed by atoms with Gasteiger partial charge < -0.3 is 10.2 Å². The van der Waals surface area contributed by atoms with Crippen LogP contribution < -0.4 is 0 Å². The number of carbonyl (C=O) groups is 1. The molecule has 0 aromatic heterocycles. The summed E-state index contributed by atoms with van der Waals surface area (Å²) < 4.78 is 0. The fourth-order valence-corrected chi connectivity index (χ4v) is 3.58. The number of hydrogen-bond acceptors (Lipinski definition) is 3. The molecule has 3 nitrogen and oxygen atoms in total. The van der Waals surface area contributed by atoms with Crippen LogP contribution >= 0.6 is 11.8 Å². The van der Waals surface area contributed by atoms with Gasteiger partial charge >= 0.3 is 5.97 Å². The van der Waals surface area contributed by atoms with E-state index in [2.05, 4.69) is 53.7 Å². The fraction of sp³-hybridized carbons (Fsp3) is 0.667. The molecule has 2 N–H and O–H groups in total. The second kappa shape index (κ2) is 8.98. The fourth-order valence-electron chi connectivity index (χ4n) is 2.68. The van der Waals surface area contributed by atoms with Crippen LogP contribution in [0, 0.1) is 0 Å². The van der Waals surface area contributed by atoms with E-state index < -0.39 is 5.97 Å². The zero-order valence-corrected chi connectivity index (χ0v) is 17.4. The van der Waals surface area contributed by atoms with Crippen molar-refractivity contribution in [1.82, 2.24) is 0 Å². The van der Waals surface area contributed by atoms with Crippen molar-refractivity contribution in [3.8, 4) is 5.75 Å². The number of phenolic OH excluding ortho intramolecular Hbond substituents is 1. The molecular formula is C21H34O3S. The van der Waals surface area contributed by atoms with Gasteiger partial charge in [-0.25, -0.2) is 0 Å². The van der Waals surface area contributed by atoms with Gasteiger partial charge in [-0.1, -0.05) is 53.7 Å². The number of aromatic hydroxyl groups is 1. The van der Waals surface area contributed by atoms with Crippen LogP contribution in [0.3, 0.4) is 0 Å². The van der Waals surface area contributed by atoms with Crippen LogP contribution in [0.5, 0.6) is 5.75 Å². The number of benzene rings is 1. The molecule has 0 unspecified atom stereocenters. The number of hydrogen-bond donors (Lipinski definition) is 2. The van der Waals surface area contributed by atoms with Gasteiger partial charge in [-0.05, 0) is 58.3 Å². The minimum absolute atomic E-state index is 0.0496. The molecule has 1 aromatic rings. The maximum atomic E-state index is 10.7. The average Bonchev–Trinajstić information content (AvgIpc) is 2.44. The molecule has 0 aliphatic heterocycles. The highest BCUT2D eigenvalue weighted by atomic mass is 32.2. The summed E-state index contributed by atoms with van der Waals surface area (Å²) in [5.74, 6) is 1.59. The van der Waals surface area contributed by atoms with E-state index in [1.807, 2.05) is 0 Å². The van der Waals surface area contributed by atoms with Gasteiger partial charge in [-0.2, -0.15) is 11.8 Å². The van der Waals surface area contributed by atoms with Gasteiger partial charge in [0.05, 0.1) is 0 Å². The Labute approximate surface area is 157 Å². The van der Waals surface area contributed by atoms with Crippen LogP contribution in [-0.2, 0) is 22.0 Å². The van der Waals surface area contributed by atoms with E-state index in [0.717, 1.165) is 41.9 Å². The molecule has 142 valence electrons. The molecule has 0 heterocycles. The van der Waals surface area contributed by atoms with Crippen molar-refractivity contribution in [2.24, 2.45) is 0 Å². The molecule has 1 aromatic carbocycles. The van der Waals surface area contributed by atoms with Gasteiger partial charge in [0, 0.05) is 6.42 Å². The predicted octanol–water partition coefficient (Wildman–Crippen LogP) is 5.52. The summed E-state index contributed by atoms with van der Waals surface area (Å²) in [4.78, 5) is 10.5. The van der Waals surface area contributed by atoms with Gasteiger partial charge in [0.15, 0.2) is 0 Å². The Morgan fingerprint density at radius 2 is 1.60 bits per heavy atom. The second-order valence-corrected chi connectivity index (χ2v) is 9.97. The molecule has 0 amide bonds. The molecule has 25 heavy (non-hydrogen) atoms. The number of rotatable bonds is 8. The second-order valence-electron chi connectivity index (χ2n) is 8.74. The predicted molar refractivity (Wildman–Crippen MR) is 108 cm³/mol. The maximum absolute atomic E-state index is 10.7. The molecule has 0 fully saturated rings. The molecule has 0 radical (unpaired) electrons. The summed E-state index contributed by atoms with van der Waals surface area (Å²) >= 11 is 1.79. The lowest BCUT2D eigenvalue weighted by atomic mass is 9.78. The molecule has 0 spiro atoms. The van der Waals surface area contributed by atoms with Crippen molar-refractivity contribution in [3.63, 3.8) is 0 Å². The van der Waals surface area contributed by atoms with E-state index in [-0.39, 0.29) is 17.3 Å². The first-order valence-corrected chi connectivity index (χ1v) is 10.2. The molecule has 1 rings (SSSR count). The zero-order valence-electron chi connectivity index (χ0n) is 16.6. The quantitative estimate of drug-likeness (QED) is 0.595. The van der Waals surface area contributed by atoms with Crippen molar-refractivity contribution in [1.29, 1.82) is 0 Å². The van der Waals surface area contributed by atoms with E-state index in [9.17, 15) is 9.90 Å². The summed E-state index contributed by atoms with van der Waals surface area (Å²) in [5.41, 5.74) is 3.27. The standard InChI is InChI=1S/C21H34O3S/c1-20(2,3)16-13-15(19(24)17(14-16)21(4,5)6)9-7-11-25-12-8-10-18(22)23/h13-14,24H,7-12H2,1-6H3,(H,22,23). The summed E-state index contributed by atoms with van der Waals surface area (Å²) in [5, 5.41) is 19.4. The summed E-state index contributed by atoms with van der Waals surface area (Å²) in [7, 11) is 0. The van der Waals surface area contributed by atoms with Crippen molar-refractivity contribution >= 4 is 17.7 Å². The Hall–Kier alpha value is -1.16. The lowest BCUT2D eigenvalue weighted by molar-refractivity contribution is -0.137. The van der Waals surface area contributed by atoms with Gasteiger partial charge in [0.2, 0.25) is 0 Å². The minimum Gasteiger partial charge on any atom is -0.507 e. The molecule has 0 aliphatic carbocycles. The zero-order chi connectivity index (χ0) is 19.3. The third-order valence-electron chi connectivity index (χ3n) is 4.28. The average molecular weight is 367 g/mol. The molecule has 4 heteroatoms. The first-order valence-electron chi connectivity index (χ1n) is 9.09. The Morgan fingerprint density at radius 3 is 2.12 bits per heavy atom. The van der Waals surface area contributed by atoms with Crippen molar-refractivity contribution in [3.05, 3.63) is 28.8 Å². The number of aryl methyl sites for hydroxylation is 1. The number of carboxylic acids is 1. The molecule has 0 bridgehead atoms. The lowest BCUT2D eigenvalue weighted by Crippen LogP contribution is -2.17. The minimum atomic E-state index is -0.723. The van der Waals surface area contributed by atoms with E-state index in [0.29, 0.717) is 5.75 Å². The molecule has 0 saturated carbocycles. The highest BCUT2D eigenvalue weighted by Gasteiger charge is 2.24. The van der Waals surface area contributed by atoms with Crippen LogP contribution in [0.1, 0.15) is 77.5 Å². The third kappa shape index (κ3) is 7.31. The summed E-state index contributed by atoms with van der Waals surface area (Å²) in [6.07, 6.45) is 2.81. The highest BCUT2D eigenvalue weighted by molar-refractivity contribution is 7.99. The van der Waals surface area contributed by atoms with Crippen LogP contribution in [0.15, 0.2) is 12.1 Å². The van der Waals surface area contributed by atoms with Crippen LogP contribution in [0.2, 0.25) is 0 Å². The Balaban J connectivity index is 2.77. The number of aliphatic carboxylic acids is 1. The summed E-state index contributed by atoms with van der Waals surface area (Å²) in [6.45, 7) is 13.0.